The maximum absolute atomic E-state index is 11.3. The second-order valence-corrected chi connectivity index (χ2v) is 11.9. The van der Waals surface area contributed by atoms with Crippen LogP contribution in [0.4, 0.5) is 0 Å². The van der Waals surface area contributed by atoms with Crippen LogP contribution >= 0.6 is 0 Å². The van der Waals surface area contributed by atoms with E-state index in [1.165, 1.54) is 49.7 Å². The SMILES string of the molecule is CC(C)=CCC[C@@H](C)[C@H]1CC[C@H]2[C@@H]3[C@H](O)C=C4CC(O)CC[C@]4(C)[C@H]3CC[C@]12C. The molecule has 9 atom stereocenters. The number of fused-ring (bicyclic) bond motifs is 5. The second kappa shape index (κ2) is 7.83. The Labute approximate surface area is 178 Å². The molecule has 0 bridgehead atoms. The Balaban J connectivity index is 1.56. The van der Waals surface area contributed by atoms with Gasteiger partial charge in [-0.2, -0.15) is 0 Å². The number of aliphatic hydroxyl groups excluding tert-OH is 2. The summed E-state index contributed by atoms with van der Waals surface area (Å²) in [5.74, 6) is 3.26. The van der Waals surface area contributed by atoms with Gasteiger partial charge in [-0.05, 0) is 112 Å². The summed E-state index contributed by atoms with van der Waals surface area (Å²) in [6, 6.07) is 0. The van der Waals surface area contributed by atoms with E-state index in [1.807, 2.05) is 0 Å². The average Bonchev–Trinajstić information content (AvgIpc) is 3.00. The van der Waals surface area contributed by atoms with Crippen LogP contribution in [0.2, 0.25) is 0 Å². The molecule has 0 aromatic carbocycles. The number of rotatable bonds is 4. The topological polar surface area (TPSA) is 40.5 Å². The van der Waals surface area contributed by atoms with Crippen molar-refractivity contribution < 1.29 is 10.2 Å². The first-order valence-corrected chi connectivity index (χ1v) is 12.4. The van der Waals surface area contributed by atoms with Gasteiger partial charge in [-0.3, -0.25) is 0 Å². The Hall–Kier alpha value is -0.600. The fraction of sp³-hybridized carbons (Fsp3) is 0.852. The van der Waals surface area contributed by atoms with Crippen LogP contribution < -0.4 is 0 Å². The van der Waals surface area contributed by atoms with Gasteiger partial charge in [0.05, 0.1) is 12.2 Å². The summed E-state index contributed by atoms with van der Waals surface area (Å²) in [5, 5.41) is 21.5. The normalized spacial score (nSPS) is 47.5. The quantitative estimate of drug-likeness (QED) is 0.545. The first-order valence-electron chi connectivity index (χ1n) is 12.4. The van der Waals surface area contributed by atoms with Crippen molar-refractivity contribution in [1.29, 1.82) is 0 Å². The van der Waals surface area contributed by atoms with E-state index in [2.05, 4.69) is 46.8 Å². The Bertz CT molecular complexity index is 674. The highest BCUT2D eigenvalue weighted by Crippen LogP contribution is 2.67. The molecule has 4 rings (SSSR count). The maximum Gasteiger partial charge on any atom is 0.0757 e. The molecule has 0 radical (unpaired) electrons. The Kier molecular flexibility index (Phi) is 5.84. The van der Waals surface area contributed by atoms with Crippen molar-refractivity contribution in [2.45, 2.75) is 105 Å². The highest BCUT2D eigenvalue weighted by atomic mass is 16.3. The fourth-order valence-electron chi connectivity index (χ4n) is 8.44. The molecule has 4 aliphatic rings. The van der Waals surface area contributed by atoms with Crippen molar-refractivity contribution >= 4 is 0 Å². The summed E-state index contributed by atoms with van der Waals surface area (Å²) < 4.78 is 0. The first kappa shape index (κ1) is 21.6. The zero-order chi connectivity index (χ0) is 21.0. The molecule has 3 saturated carbocycles. The van der Waals surface area contributed by atoms with Gasteiger partial charge in [0.15, 0.2) is 0 Å². The number of allylic oxidation sites excluding steroid dienone is 2. The smallest absolute Gasteiger partial charge is 0.0757 e. The van der Waals surface area contributed by atoms with Crippen molar-refractivity contribution in [2.75, 3.05) is 0 Å². The number of aliphatic hydroxyl groups is 2. The molecule has 3 fully saturated rings. The third-order valence-electron chi connectivity index (χ3n) is 10.0. The van der Waals surface area contributed by atoms with Gasteiger partial charge < -0.3 is 10.2 Å². The molecule has 0 aromatic rings. The van der Waals surface area contributed by atoms with Crippen molar-refractivity contribution in [2.24, 2.45) is 40.4 Å². The minimum absolute atomic E-state index is 0.204. The lowest BCUT2D eigenvalue weighted by Gasteiger charge is -2.59. The summed E-state index contributed by atoms with van der Waals surface area (Å²) in [4.78, 5) is 0. The van der Waals surface area contributed by atoms with Crippen molar-refractivity contribution in [3.63, 3.8) is 0 Å². The van der Waals surface area contributed by atoms with Crippen LogP contribution in [-0.4, -0.2) is 22.4 Å². The van der Waals surface area contributed by atoms with Crippen LogP contribution in [0.3, 0.4) is 0 Å². The largest absolute Gasteiger partial charge is 0.393 e. The van der Waals surface area contributed by atoms with Crippen molar-refractivity contribution in [3.8, 4) is 0 Å². The Morgan fingerprint density at radius 3 is 2.59 bits per heavy atom. The summed E-state index contributed by atoms with van der Waals surface area (Å²) in [6.45, 7) is 11.9. The van der Waals surface area contributed by atoms with Gasteiger partial charge in [0.25, 0.3) is 0 Å². The molecule has 0 saturated heterocycles. The third kappa shape index (κ3) is 3.57. The summed E-state index contributed by atoms with van der Waals surface area (Å²) >= 11 is 0. The molecule has 2 nitrogen and oxygen atoms in total. The summed E-state index contributed by atoms with van der Waals surface area (Å²) in [6.07, 6.45) is 14.6. The van der Waals surface area contributed by atoms with Crippen LogP contribution in [0.15, 0.2) is 23.3 Å². The first-order chi connectivity index (χ1) is 13.7. The Morgan fingerprint density at radius 2 is 1.86 bits per heavy atom. The van der Waals surface area contributed by atoms with E-state index in [1.54, 1.807) is 0 Å². The molecule has 29 heavy (non-hydrogen) atoms. The van der Waals surface area contributed by atoms with Crippen LogP contribution in [-0.2, 0) is 0 Å². The standard InChI is InChI=1S/C27H44O2/c1-17(2)7-6-8-18(3)21-9-10-22-25-23(12-14-27(21,22)5)26(4)13-11-20(28)15-19(26)16-24(25)29/h7,16,18,20-25,28-29H,6,8-15H2,1-5H3/t18-,20?,21-,22+,23+,24-,25+,26+,27-/m1/s1. The van der Waals surface area contributed by atoms with E-state index in [0.717, 1.165) is 31.1 Å². The molecule has 2 N–H and O–H groups in total. The minimum Gasteiger partial charge on any atom is -0.393 e. The van der Waals surface area contributed by atoms with E-state index >= 15 is 0 Å². The number of hydrogen-bond donors (Lipinski definition) is 2. The fourth-order valence-corrected chi connectivity index (χ4v) is 8.44. The second-order valence-electron chi connectivity index (χ2n) is 11.9. The van der Waals surface area contributed by atoms with E-state index < -0.39 is 0 Å². The van der Waals surface area contributed by atoms with Crippen LogP contribution in [0.25, 0.3) is 0 Å². The van der Waals surface area contributed by atoms with Gasteiger partial charge in [-0.25, -0.2) is 0 Å². The van der Waals surface area contributed by atoms with E-state index in [-0.39, 0.29) is 17.6 Å². The molecule has 0 aromatic heterocycles. The van der Waals surface area contributed by atoms with E-state index in [0.29, 0.717) is 23.2 Å². The molecular formula is C27H44O2. The van der Waals surface area contributed by atoms with Gasteiger partial charge >= 0.3 is 0 Å². The molecule has 0 aliphatic heterocycles. The third-order valence-corrected chi connectivity index (χ3v) is 10.0. The highest BCUT2D eigenvalue weighted by Gasteiger charge is 2.61. The monoisotopic (exact) mass is 400 g/mol. The molecule has 164 valence electrons. The predicted molar refractivity (Wildman–Crippen MR) is 120 cm³/mol. The van der Waals surface area contributed by atoms with Crippen LogP contribution in [0.5, 0.6) is 0 Å². The summed E-state index contributed by atoms with van der Waals surface area (Å²) in [7, 11) is 0. The molecule has 0 heterocycles. The average molecular weight is 401 g/mol. The maximum atomic E-state index is 11.3. The zero-order valence-electron chi connectivity index (χ0n) is 19.5. The van der Waals surface area contributed by atoms with E-state index in [4.69, 9.17) is 0 Å². The van der Waals surface area contributed by atoms with Gasteiger partial charge in [0, 0.05) is 0 Å². The minimum atomic E-state index is -0.308. The van der Waals surface area contributed by atoms with Gasteiger partial charge in [0.1, 0.15) is 0 Å². The van der Waals surface area contributed by atoms with Crippen LogP contribution in [0.1, 0.15) is 92.4 Å². The molecule has 2 heteroatoms. The van der Waals surface area contributed by atoms with Gasteiger partial charge in [0.2, 0.25) is 0 Å². The molecule has 0 spiro atoms. The van der Waals surface area contributed by atoms with E-state index in [9.17, 15) is 10.2 Å². The Morgan fingerprint density at radius 1 is 1.10 bits per heavy atom. The predicted octanol–water partition coefficient (Wildman–Crippen LogP) is 6.28. The molecule has 4 aliphatic carbocycles. The number of hydrogen-bond acceptors (Lipinski definition) is 2. The lowest BCUT2D eigenvalue weighted by atomic mass is 9.46. The van der Waals surface area contributed by atoms with Crippen molar-refractivity contribution in [3.05, 3.63) is 23.3 Å². The lowest BCUT2D eigenvalue weighted by Crippen LogP contribution is -2.54. The lowest BCUT2D eigenvalue weighted by molar-refractivity contribution is -0.0969. The van der Waals surface area contributed by atoms with Gasteiger partial charge in [-0.1, -0.05) is 44.1 Å². The van der Waals surface area contributed by atoms with Crippen LogP contribution in [0, 0.1) is 40.4 Å². The zero-order valence-corrected chi connectivity index (χ0v) is 19.5. The molecule has 1 unspecified atom stereocenters. The van der Waals surface area contributed by atoms with Gasteiger partial charge in [-0.15, -0.1) is 0 Å². The molecule has 0 amide bonds. The van der Waals surface area contributed by atoms with Crippen molar-refractivity contribution in [1.82, 2.24) is 0 Å². The highest BCUT2D eigenvalue weighted by molar-refractivity contribution is 5.27. The molecular weight excluding hydrogens is 356 g/mol. The summed E-state index contributed by atoms with van der Waals surface area (Å²) in [5.41, 5.74) is 3.39.